The summed E-state index contributed by atoms with van der Waals surface area (Å²) in [6.45, 7) is 0.782. The first-order valence-electron chi connectivity index (χ1n) is 10.5. The molecule has 164 valence electrons. The molecule has 0 aliphatic heterocycles. The first-order chi connectivity index (χ1) is 16.3. The lowest BCUT2D eigenvalue weighted by molar-refractivity contribution is 0.414. The van der Waals surface area contributed by atoms with Crippen LogP contribution >= 0.6 is 11.8 Å². The zero-order valence-electron chi connectivity index (χ0n) is 18.1. The Labute approximate surface area is 196 Å². The number of ether oxygens (including phenoxy) is 1. The molecule has 5 aromatic rings. The second-order valence-corrected chi connectivity index (χ2v) is 8.26. The van der Waals surface area contributed by atoms with Crippen LogP contribution in [0.2, 0.25) is 0 Å². The highest BCUT2D eigenvalue weighted by atomic mass is 32.2. The predicted octanol–water partition coefficient (Wildman–Crippen LogP) is 4.88. The molecule has 5 rings (SSSR count). The Hall–Kier alpha value is -3.91. The summed E-state index contributed by atoms with van der Waals surface area (Å²) in [7, 11) is 1.66. The van der Waals surface area contributed by atoms with Gasteiger partial charge in [-0.1, -0.05) is 42.1 Å². The Morgan fingerprint density at radius 3 is 2.42 bits per heavy atom. The number of rotatable bonds is 8. The Morgan fingerprint density at radius 1 is 0.879 bits per heavy atom. The number of benzene rings is 2. The van der Waals surface area contributed by atoms with Crippen molar-refractivity contribution in [2.24, 2.45) is 0 Å². The number of aromatic nitrogens is 6. The second kappa shape index (κ2) is 9.70. The average Bonchev–Trinajstić information content (AvgIpc) is 3.50. The van der Waals surface area contributed by atoms with Gasteiger partial charge in [-0.3, -0.25) is 9.55 Å². The molecule has 0 amide bonds. The number of methoxy groups -OCH3 is 1. The molecule has 0 aliphatic carbocycles. The van der Waals surface area contributed by atoms with Gasteiger partial charge in [0.25, 0.3) is 0 Å². The lowest BCUT2D eigenvalue weighted by Gasteiger charge is -2.12. The molecule has 0 unspecified atom stereocenters. The molecule has 33 heavy (non-hydrogen) atoms. The molecule has 3 aromatic heterocycles. The maximum atomic E-state index is 5.33. The van der Waals surface area contributed by atoms with E-state index in [4.69, 9.17) is 4.74 Å². The standard InChI is InChI=1S/C25H22N6OS/c1-32-22-9-7-21(8-10-22)31-24(20-11-13-26-14-12-20)28-29-25(31)33-18-23-27-15-16-30(23)17-19-5-3-2-4-6-19/h2-16H,17-18H2,1H3. The maximum Gasteiger partial charge on any atom is 0.196 e. The minimum atomic E-state index is 0.671. The van der Waals surface area contributed by atoms with Crippen molar-refractivity contribution in [2.45, 2.75) is 17.5 Å². The predicted molar refractivity (Wildman–Crippen MR) is 128 cm³/mol. The summed E-state index contributed by atoms with van der Waals surface area (Å²) in [5, 5.41) is 9.81. The second-order valence-electron chi connectivity index (χ2n) is 7.32. The molecular formula is C25H22N6OS. The molecule has 3 heterocycles. The van der Waals surface area contributed by atoms with Crippen LogP contribution in [0.5, 0.6) is 5.75 Å². The SMILES string of the molecule is COc1ccc(-n2c(SCc3nccn3Cc3ccccc3)nnc2-c2ccncc2)cc1. The van der Waals surface area contributed by atoms with E-state index in [0.29, 0.717) is 5.75 Å². The van der Waals surface area contributed by atoms with Gasteiger partial charge in [0.2, 0.25) is 0 Å². The van der Waals surface area contributed by atoms with Gasteiger partial charge in [-0.2, -0.15) is 0 Å². The molecule has 0 N–H and O–H groups in total. The van der Waals surface area contributed by atoms with Crippen molar-refractivity contribution < 1.29 is 4.74 Å². The van der Waals surface area contributed by atoms with Gasteiger partial charge >= 0.3 is 0 Å². The van der Waals surface area contributed by atoms with Crippen LogP contribution in [-0.4, -0.2) is 36.4 Å². The first-order valence-corrected chi connectivity index (χ1v) is 11.5. The third kappa shape index (κ3) is 4.65. The lowest BCUT2D eigenvalue weighted by Crippen LogP contribution is -2.04. The third-order valence-electron chi connectivity index (χ3n) is 5.23. The maximum absolute atomic E-state index is 5.33. The number of hydrogen-bond acceptors (Lipinski definition) is 6. The molecule has 2 aromatic carbocycles. The first kappa shape index (κ1) is 21.0. The average molecular weight is 455 g/mol. The van der Waals surface area contributed by atoms with Gasteiger partial charge in [0.15, 0.2) is 11.0 Å². The van der Waals surface area contributed by atoms with Gasteiger partial charge in [0.05, 0.1) is 12.9 Å². The number of nitrogens with zero attached hydrogens (tertiary/aromatic N) is 6. The minimum absolute atomic E-state index is 0.671. The van der Waals surface area contributed by atoms with E-state index in [0.717, 1.165) is 40.4 Å². The van der Waals surface area contributed by atoms with E-state index in [1.165, 1.54) is 5.56 Å². The number of imidazole rings is 1. The highest BCUT2D eigenvalue weighted by Gasteiger charge is 2.17. The van der Waals surface area contributed by atoms with E-state index in [1.807, 2.05) is 54.9 Å². The summed E-state index contributed by atoms with van der Waals surface area (Å²) in [5.41, 5.74) is 3.15. The van der Waals surface area contributed by atoms with E-state index in [2.05, 4.69) is 53.6 Å². The van der Waals surface area contributed by atoms with Crippen LogP contribution in [-0.2, 0) is 12.3 Å². The van der Waals surface area contributed by atoms with Crippen LogP contribution in [0.25, 0.3) is 17.1 Å². The number of hydrogen-bond donors (Lipinski definition) is 0. The van der Waals surface area contributed by atoms with Crippen molar-refractivity contribution in [3.05, 3.63) is 103 Å². The smallest absolute Gasteiger partial charge is 0.196 e. The van der Waals surface area contributed by atoms with E-state index in [1.54, 1.807) is 31.3 Å². The van der Waals surface area contributed by atoms with E-state index < -0.39 is 0 Å². The highest BCUT2D eigenvalue weighted by molar-refractivity contribution is 7.98. The van der Waals surface area contributed by atoms with E-state index in [9.17, 15) is 0 Å². The molecular weight excluding hydrogens is 432 g/mol. The Balaban J connectivity index is 1.44. The summed E-state index contributed by atoms with van der Waals surface area (Å²) in [6.07, 6.45) is 7.38. The van der Waals surface area contributed by atoms with E-state index >= 15 is 0 Å². The number of pyridine rings is 1. The van der Waals surface area contributed by atoms with Gasteiger partial charge in [0, 0.05) is 42.6 Å². The van der Waals surface area contributed by atoms with Crippen LogP contribution in [0.3, 0.4) is 0 Å². The molecule has 7 nitrogen and oxygen atoms in total. The van der Waals surface area contributed by atoms with Gasteiger partial charge in [0.1, 0.15) is 11.6 Å². The fourth-order valence-electron chi connectivity index (χ4n) is 3.55. The van der Waals surface area contributed by atoms with Crippen LogP contribution in [0.4, 0.5) is 0 Å². The van der Waals surface area contributed by atoms with Crippen LogP contribution in [0.1, 0.15) is 11.4 Å². The summed E-state index contributed by atoms with van der Waals surface area (Å²) < 4.78 is 9.55. The summed E-state index contributed by atoms with van der Waals surface area (Å²) in [5.74, 6) is 3.22. The molecule has 0 spiro atoms. The van der Waals surface area contributed by atoms with Gasteiger partial charge < -0.3 is 9.30 Å². The fraction of sp³-hybridized carbons (Fsp3) is 0.120. The van der Waals surface area contributed by atoms with Crippen LogP contribution in [0.15, 0.2) is 96.7 Å². The summed E-state index contributed by atoms with van der Waals surface area (Å²) >= 11 is 1.61. The molecule has 0 bridgehead atoms. The number of thioether (sulfide) groups is 1. The third-order valence-corrected chi connectivity index (χ3v) is 6.16. The topological polar surface area (TPSA) is 70.7 Å². The van der Waals surface area contributed by atoms with Crippen LogP contribution < -0.4 is 4.74 Å². The molecule has 0 aliphatic rings. The quantitative estimate of drug-likeness (QED) is 0.311. The molecule has 0 saturated carbocycles. The Bertz CT molecular complexity index is 1320. The van der Waals surface area contributed by atoms with Gasteiger partial charge in [-0.05, 0) is 42.0 Å². The Kier molecular flexibility index (Phi) is 6.16. The molecule has 0 saturated heterocycles. The van der Waals surface area contributed by atoms with Gasteiger partial charge in [-0.15, -0.1) is 10.2 Å². The van der Waals surface area contributed by atoms with Crippen molar-refractivity contribution in [3.63, 3.8) is 0 Å². The van der Waals surface area contributed by atoms with Crippen molar-refractivity contribution in [1.82, 2.24) is 29.3 Å². The molecule has 0 atom stereocenters. The van der Waals surface area contributed by atoms with Crippen molar-refractivity contribution in [2.75, 3.05) is 7.11 Å². The van der Waals surface area contributed by atoms with Crippen molar-refractivity contribution in [1.29, 1.82) is 0 Å². The van der Waals surface area contributed by atoms with E-state index in [-0.39, 0.29) is 0 Å². The summed E-state index contributed by atoms with van der Waals surface area (Å²) in [6, 6.07) is 22.1. The molecule has 0 fully saturated rings. The monoisotopic (exact) mass is 454 g/mol. The largest absolute Gasteiger partial charge is 0.497 e. The fourth-order valence-corrected chi connectivity index (χ4v) is 4.47. The van der Waals surface area contributed by atoms with Crippen molar-refractivity contribution in [3.8, 4) is 22.8 Å². The van der Waals surface area contributed by atoms with Crippen LogP contribution in [0, 0.1) is 0 Å². The highest BCUT2D eigenvalue weighted by Crippen LogP contribution is 2.30. The summed E-state index contributed by atoms with van der Waals surface area (Å²) in [4.78, 5) is 8.70. The van der Waals surface area contributed by atoms with Gasteiger partial charge in [-0.25, -0.2) is 4.98 Å². The molecule has 0 radical (unpaired) electrons. The minimum Gasteiger partial charge on any atom is -0.497 e. The zero-order chi connectivity index (χ0) is 22.5. The normalized spacial score (nSPS) is 10.9. The molecule has 8 heteroatoms. The lowest BCUT2D eigenvalue weighted by atomic mass is 10.2. The Morgan fingerprint density at radius 2 is 1.67 bits per heavy atom. The zero-order valence-corrected chi connectivity index (χ0v) is 18.9. The van der Waals surface area contributed by atoms with Crippen molar-refractivity contribution >= 4 is 11.8 Å².